The summed E-state index contributed by atoms with van der Waals surface area (Å²) < 4.78 is 0. The van der Waals surface area contributed by atoms with Crippen molar-refractivity contribution in [3.8, 4) is 0 Å². The van der Waals surface area contributed by atoms with Crippen molar-refractivity contribution in [1.82, 2.24) is 0 Å². The molecular formula is C4H4N2O2. The Balaban J connectivity index is 2.62. The molecule has 8 heavy (non-hydrogen) atoms. The van der Waals surface area contributed by atoms with Crippen LogP contribution < -0.4 is 0 Å². The van der Waals surface area contributed by atoms with Crippen molar-refractivity contribution in [2.45, 2.75) is 0 Å². The molecule has 0 saturated heterocycles. The van der Waals surface area contributed by atoms with Crippen LogP contribution in [0.4, 0.5) is 0 Å². The highest BCUT2D eigenvalue weighted by molar-refractivity contribution is 6.06. The van der Waals surface area contributed by atoms with Crippen LogP contribution in [0.15, 0.2) is 10.2 Å². The fourth-order valence-electron chi connectivity index (χ4n) is 0.387. The summed E-state index contributed by atoms with van der Waals surface area (Å²) in [5.74, 6) is -1.51. The summed E-state index contributed by atoms with van der Waals surface area (Å²) in [5.41, 5.74) is 0. The molecule has 1 aliphatic rings. The molecule has 0 amide bonds. The lowest BCUT2D eigenvalue weighted by Crippen LogP contribution is -2.13. The highest BCUT2D eigenvalue weighted by Gasteiger charge is 2.13. The van der Waals surface area contributed by atoms with Gasteiger partial charge in [-0.3, -0.25) is 4.79 Å². The van der Waals surface area contributed by atoms with Gasteiger partial charge in [0.05, 0.1) is 0 Å². The molecule has 0 radical (unpaired) electrons. The Labute approximate surface area is 45.5 Å². The van der Waals surface area contributed by atoms with E-state index in [1.54, 1.807) is 0 Å². The van der Waals surface area contributed by atoms with E-state index in [1.807, 2.05) is 0 Å². The predicted octanol–water partition coefficient (Wildman–Crippen LogP) is -0.243. The van der Waals surface area contributed by atoms with Crippen molar-refractivity contribution in [2.24, 2.45) is 16.1 Å². The standard InChI is InChI=1S/C4H4N2O2/c7-4(8)3-1-5-6-2-3/h1-3H,(H,7,8). The maximum Gasteiger partial charge on any atom is 0.317 e. The molecule has 1 aliphatic heterocycles. The highest BCUT2D eigenvalue weighted by atomic mass is 16.4. The van der Waals surface area contributed by atoms with Crippen LogP contribution >= 0.6 is 0 Å². The minimum atomic E-state index is -0.907. The topological polar surface area (TPSA) is 62.0 Å². The monoisotopic (exact) mass is 112 g/mol. The van der Waals surface area contributed by atoms with Crippen LogP contribution in [0.3, 0.4) is 0 Å². The number of hydrogen-bond acceptors (Lipinski definition) is 3. The molecule has 42 valence electrons. The fraction of sp³-hybridized carbons (Fsp3) is 0.250. The first-order chi connectivity index (χ1) is 3.80. The van der Waals surface area contributed by atoms with Gasteiger partial charge in [0.1, 0.15) is 5.92 Å². The SMILES string of the molecule is O=C(O)C1C=NN=C1. The molecule has 4 nitrogen and oxygen atoms in total. The lowest BCUT2D eigenvalue weighted by molar-refractivity contribution is -0.137. The molecule has 0 atom stereocenters. The van der Waals surface area contributed by atoms with Gasteiger partial charge in [0.2, 0.25) is 0 Å². The summed E-state index contributed by atoms with van der Waals surface area (Å²) in [6.45, 7) is 0. The maximum absolute atomic E-state index is 10.0. The van der Waals surface area contributed by atoms with Crippen molar-refractivity contribution < 1.29 is 9.90 Å². The first-order valence-corrected chi connectivity index (χ1v) is 2.10. The Morgan fingerprint density at radius 3 is 2.25 bits per heavy atom. The average molecular weight is 112 g/mol. The van der Waals surface area contributed by atoms with E-state index in [-0.39, 0.29) is 0 Å². The third kappa shape index (κ3) is 0.726. The van der Waals surface area contributed by atoms with E-state index < -0.39 is 11.9 Å². The van der Waals surface area contributed by atoms with Gasteiger partial charge in [0.25, 0.3) is 0 Å². The van der Waals surface area contributed by atoms with Gasteiger partial charge in [-0.2, -0.15) is 10.2 Å². The van der Waals surface area contributed by atoms with Crippen LogP contribution in [0.25, 0.3) is 0 Å². The van der Waals surface area contributed by atoms with Crippen molar-refractivity contribution in [2.75, 3.05) is 0 Å². The van der Waals surface area contributed by atoms with Crippen molar-refractivity contribution in [3.63, 3.8) is 0 Å². The van der Waals surface area contributed by atoms with Crippen molar-refractivity contribution in [1.29, 1.82) is 0 Å². The summed E-state index contributed by atoms with van der Waals surface area (Å²) in [4.78, 5) is 10.0. The highest BCUT2D eigenvalue weighted by Crippen LogP contribution is 1.94. The molecular weight excluding hydrogens is 108 g/mol. The second-order valence-corrected chi connectivity index (χ2v) is 1.39. The van der Waals surface area contributed by atoms with Crippen LogP contribution in [-0.2, 0) is 4.79 Å². The number of carboxylic acids is 1. The minimum Gasteiger partial charge on any atom is -0.480 e. The lowest BCUT2D eigenvalue weighted by atomic mass is 10.2. The Bertz CT molecular complexity index is 149. The van der Waals surface area contributed by atoms with Crippen LogP contribution in [0.1, 0.15) is 0 Å². The molecule has 0 aromatic carbocycles. The predicted molar refractivity (Wildman–Crippen MR) is 28.1 cm³/mol. The maximum atomic E-state index is 10.0. The third-order valence-corrected chi connectivity index (χ3v) is 0.806. The number of carboxylic acid groups (broad SMARTS) is 1. The number of rotatable bonds is 1. The average Bonchev–Trinajstić information content (AvgIpc) is 2.12. The molecule has 0 aliphatic carbocycles. The molecule has 0 aromatic rings. The fourth-order valence-corrected chi connectivity index (χ4v) is 0.387. The number of carbonyl (C=O) groups is 1. The Hall–Kier alpha value is -1.19. The van der Waals surface area contributed by atoms with Gasteiger partial charge in [-0.1, -0.05) is 0 Å². The summed E-state index contributed by atoms with van der Waals surface area (Å²) >= 11 is 0. The number of nitrogens with zero attached hydrogens (tertiary/aromatic N) is 2. The van der Waals surface area contributed by atoms with Gasteiger partial charge in [0, 0.05) is 12.4 Å². The van der Waals surface area contributed by atoms with E-state index in [0.29, 0.717) is 0 Å². The van der Waals surface area contributed by atoms with Crippen LogP contribution in [0.2, 0.25) is 0 Å². The van der Waals surface area contributed by atoms with Gasteiger partial charge in [-0.05, 0) is 0 Å². The van der Waals surface area contributed by atoms with Crippen molar-refractivity contribution >= 4 is 18.4 Å². The van der Waals surface area contributed by atoms with Gasteiger partial charge in [-0.25, -0.2) is 0 Å². The second kappa shape index (κ2) is 1.73. The zero-order valence-electron chi connectivity index (χ0n) is 3.98. The van der Waals surface area contributed by atoms with Crippen LogP contribution in [-0.4, -0.2) is 23.5 Å². The molecule has 0 fully saturated rings. The van der Waals surface area contributed by atoms with E-state index in [4.69, 9.17) is 5.11 Å². The van der Waals surface area contributed by atoms with E-state index in [2.05, 4.69) is 10.2 Å². The number of hydrogen-bond donors (Lipinski definition) is 1. The normalized spacial score (nSPS) is 17.5. The lowest BCUT2D eigenvalue weighted by Gasteiger charge is -1.87. The zero-order chi connectivity index (χ0) is 5.98. The van der Waals surface area contributed by atoms with E-state index in [9.17, 15) is 4.79 Å². The Morgan fingerprint density at radius 2 is 2.00 bits per heavy atom. The summed E-state index contributed by atoms with van der Waals surface area (Å²) in [5, 5.41) is 14.9. The van der Waals surface area contributed by atoms with Crippen LogP contribution in [0, 0.1) is 5.92 Å². The summed E-state index contributed by atoms with van der Waals surface area (Å²) in [6, 6.07) is 0. The zero-order valence-corrected chi connectivity index (χ0v) is 3.98. The molecule has 1 N–H and O–H groups in total. The van der Waals surface area contributed by atoms with Gasteiger partial charge in [0.15, 0.2) is 0 Å². The van der Waals surface area contributed by atoms with Crippen LogP contribution in [0.5, 0.6) is 0 Å². The summed E-state index contributed by atoms with van der Waals surface area (Å²) in [6.07, 6.45) is 2.56. The van der Waals surface area contributed by atoms with E-state index in [0.717, 1.165) is 0 Å². The molecule has 4 heteroatoms. The Kier molecular flexibility index (Phi) is 1.07. The van der Waals surface area contributed by atoms with Gasteiger partial charge in [-0.15, -0.1) is 0 Å². The third-order valence-electron chi connectivity index (χ3n) is 0.806. The Morgan fingerprint density at radius 1 is 1.50 bits per heavy atom. The molecule has 0 spiro atoms. The van der Waals surface area contributed by atoms with E-state index in [1.165, 1.54) is 12.4 Å². The number of aliphatic carboxylic acids is 1. The smallest absolute Gasteiger partial charge is 0.317 e. The van der Waals surface area contributed by atoms with Gasteiger partial charge >= 0.3 is 5.97 Å². The molecule has 0 unspecified atom stereocenters. The van der Waals surface area contributed by atoms with E-state index >= 15 is 0 Å². The molecule has 0 bridgehead atoms. The van der Waals surface area contributed by atoms with Crippen molar-refractivity contribution in [3.05, 3.63) is 0 Å². The largest absolute Gasteiger partial charge is 0.480 e. The molecule has 0 saturated carbocycles. The quantitative estimate of drug-likeness (QED) is 0.508. The first-order valence-electron chi connectivity index (χ1n) is 2.10. The molecule has 0 aromatic heterocycles. The second-order valence-electron chi connectivity index (χ2n) is 1.39. The molecule has 1 rings (SSSR count). The summed E-state index contributed by atoms with van der Waals surface area (Å²) in [7, 11) is 0. The first kappa shape index (κ1) is 4.96. The molecule has 1 heterocycles. The minimum absolute atomic E-state index is 0.602. The van der Waals surface area contributed by atoms with Gasteiger partial charge < -0.3 is 5.11 Å².